The molecule has 6 heteroatoms. The first-order chi connectivity index (χ1) is 13.7. The zero-order valence-electron chi connectivity index (χ0n) is 17.7. The van der Waals surface area contributed by atoms with E-state index < -0.39 is 5.41 Å². The molecule has 1 heterocycles. The monoisotopic (exact) mass is 395 g/mol. The van der Waals surface area contributed by atoms with Crippen molar-refractivity contribution in [3.8, 4) is 5.75 Å². The first-order valence-corrected chi connectivity index (χ1v) is 9.89. The second-order valence-electron chi connectivity index (χ2n) is 8.61. The number of ether oxygens (including phenoxy) is 1. The average molecular weight is 396 g/mol. The SMILES string of the molecule is Cc1cccc(NC(=O)Nc2ccc3c(c2)N(CC(C)C)C(=O)C(C)(C)CO3)c1. The Hall–Kier alpha value is -3.02. The van der Waals surface area contributed by atoms with Crippen molar-refractivity contribution in [2.75, 3.05) is 28.7 Å². The van der Waals surface area contributed by atoms with Gasteiger partial charge >= 0.3 is 6.03 Å². The minimum Gasteiger partial charge on any atom is -0.490 e. The quantitative estimate of drug-likeness (QED) is 0.761. The Balaban J connectivity index is 1.85. The highest BCUT2D eigenvalue weighted by molar-refractivity contribution is 6.02. The van der Waals surface area contributed by atoms with E-state index in [2.05, 4.69) is 24.5 Å². The lowest BCUT2D eigenvalue weighted by Crippen LogP contribution is -2.43. The molecule has 1 aliphatic heterocycles. The molecule has 0 bridgehead atoms. The number of nitrogens with one attached hydrogen (secondary N) is 2. The lowest BCUT2D eigenvalue weighted by Gasteiger charge is -2.29. The molecule has 0 spiro atoms. The molecule has 0 radical (unpaired) electrons. The fourth-order valence-corrected chi connectivity index (χ4v) is 3.29. The first-order valence-electron chi connectivity index (χ1n) is 9.89. The number of carbonyl (C=O) groups excluding carboxylic acids is 2. The van der Waals surface area contributed by atoms with Crippen molar-refractivity contribution in [2.24, 2.45) is 11.3 Å². The highest BCUT2D eigenvalue weighted by atomic mass is 16.5. The number of hydrogen-bond donors (Lipinski definition) is 2. The summed E-state index contributed by atoms with van der Waals surface area (Å²) in [6, 6.07) is 12.6. The molecule has 29 heavy (non-hydrogen) atoms. The third kappa shape index (κ3) is 4.88. The predicted molar refractivity (Wildman–Crippen MR) is 117 cm³/mol. The number of benzene rings is 2. The molecule has 1 aliphatic rings. The van der Waals surface area contributed by atoms with Crippen molar-refractivity contribution in [3.63, 3.8) is 0 Å². The molecule has 0 aromatic heterocycles. The van der Waals surface area contributed by atoms with Crippen LogP contribution in [0, 0.1) is 18.3 Å². The van der Waals surface area contributed by atoms with Gasteiger partial charge in [0.1, 0.15) is 12.4 Å². The normalized spacial score (nSPS) is 15.4. The third-order valence-corrected chi connectivity index (χ3v) is 4.74. The molecule has 3 amide bonds. The van der Waals surface area contributed by atoms with Gasteiger partial charge in [0.25, 0.3) is 0 Å². The predicted octanol–water partition coefficient (Wildman–Crippen LogP) is 5.05. The number of aryl methyl sites for hydroxylation is 1. The zero-order chi connectivity index (χ0) is 21.2. The Labute approximate surface area is 172 Å². The van der Waals surface area contributed by atoms with Crippen LogP contribution in [-0.4, -0.2) is 25.1 Å². The molecule has 0 saturated carbocycles. The Bertz CT molecular complexity index is 921. The maximum Gasteiger partial charge on any atom is 0.323 e. The average Bonchev–Trinajstić information content (AvgIpc) is 2.72. The summed E-state index contributed by atoms with van der Waals surface area (Å²) >= 11 is 0. The molecule has 2 N–H and O–H groups in total. The van der Waals surface area contributed by atoms with E-state index >= 15 is 0 Å². The van der Waals surface area contributed by atoms with Gasteiger partial charge in [0.2, 0.25) is 5.91 Å². The van der Waals surface area contributed by atoms with E-state index in [1.807, 2.05) is 45.0 Å². The zero-order valence-corrected chi connectivity index (χ0v) is 17.7. The van der Waals surface area contributed by atoms with Crippen molar-refractivity contribution < 1.29 is 14.3 Å². The summed E-state index contributed by atoms with van der Waals surface area (Å²) in [6.07, 6.45) is 0. The highest BCUT2D eigenvalue weighted by Gasteiger charge is 2.38. The van der Waals surface area contributed by atoms with Crippen LogP contribution in [0.3, 0.4) is 0 Å². The first kappa shape index (κ1) is 20.7. The number of amides is 3. The van der Waals surface area contributed by atoms with Crippen molar-refractivity contribution in [1.29, 1.82) is 0 Å². The van der Waals surface area contributed by atoms with Crippen molar-refractivity contribution in [3.05, 3.63) is 48.0 Å². The molecule has 0 saturated heterocycles. The smallest absolute Gasteiger partial charge is 0.323 e. The van der Waals surface area contributed by atoms with Gasteiger partial charge in [-0.1, -0.05) is 26.0 Å². The van der Waals surface area contributed by atoms with Crippen molar-refractivity contribution in [2.45, 2.75) is 34.6 Å². The summed E-state index contributed by atoms with van der Waals surface area (Å²) in [4.78, 5) is 27.3. The van der Waals surface area contributed by atoms with E-state index in [1.165, 1.54) is 0 Å². The van der Waals surface area contributed by atoms with E-state index in [-0.39, 0.29) is 11.9 Å². The van der Waals surface area contributed by atoms with Gasteiger partial charge < -0.3 is 20.3 Å². The minimum absolute atomic E-state index is 0.0197. The summed E-state index contributed by atoms with van der Waals surface area (Å²) in [5, 5.41) is 5.67. The summed E-state index contributed by atoms with van der Waals surface area (Å²) in [5.74, 6) is 0.961. The molecule has 0 fully saturated rings. The number of rotatable bonds is 4. The van der Waals surface area contributed by atoms with Crippen LogP contribution in [0.25, 0.3) is 0 Å². The van der Waals surface area contributed by atoms with Crippen molar-refractivity contribution >= 4 is 29.0 Å². The fraction of sp³-hybridized carbons (Fsp3) is 0.391. The molecule has 2 aromatic rings. The van der Waals surface area contributed by atoms with Gasteiger partial charge in [0.05, 0.1) is 11.1 Å². The second kappa shape index (κ2) is 8.15. The van der Waals surface area contributed by atoms with Gasteiger partial charge in [-0.25, -0.2) is 4.79 Å². The number of nitrogens with zero attached hydrogens (tertiary/aromatic N) is 1. The van der Waals surface area contributed by atoms with Gasteiger partial charge in [-0.15, -0.1) is 0 Å². The molecule has 6 nitrogen and oxygen atoms in total. The molecule has 0 atom stereocenters. The van der Waals surface area contributed by atoms with E-state index in [1.54, 1.807) is 23.1 Å². The van der Waals surface area contributed by atoms with Crippen molar-refractivity contribution in [1.82, 2.24) is 0 Å². The number of carbonyl (C=O) groups is 2. The van der Waals surface area contributed by atoms with E-state index in [4.69, 9.17) is 4.74 Å². The van der Waals surface area contributed by atoms with Crippen LogP contribution in [0.1, 0.15) is 33.3 Å². The number of urea groups is 1. The topological polar surface area (TPSA) is 70.7 Å². The fourth-order valence-electron chi connectivity index (χ4n) is 3.29. The lowest BCUT2D eigenvalue weighted by atomic mass is 9.92. The Morgan fingerprint density at radius 2 is 1.83 bits per heavy atom. The number of anilines is 3. The summed E-state index contributed by atoms with van der Waals surface area (Å²) in [7, 11) is 0. The Morgan fingerprint density at radius 1 is 1.14 bits per heavy atom. The van der Waals surface area contributed by atoms with Gasteiger partial charge in [-0.3, -0.25) is 4.79 Å². The standard InChI is InChI=1S/C23H29N3O3/c1-15(2)13-26-19-12-18(9-10-20(19)29-14-23(4,5)21(26)27)25-22(28)24-17-8-6-7-16(3)11-17/h6-12,15H,13-14H2,1-5H3,(H2,24,25,28). The molecule has 2 aromatic carbocycles. The van der Waals surface area contributed by atoms with Gasteiger partial charge in [-0.2, -0.15) is 0 Å². The number of fused-ring (bicyclic) bond motifs is 1. The van der Waals surface area contributed by atoms with Crippen LogP contribution >= 0.6 is 0 Å². The highest BCUT2D eigenvalue weighted by Crippen LogP contribution is 2.38. The van der Waals surface area contributed by atoms with Gasteiger partial charge in [0, 0.05) is 17.9 Å². The van der Waals surface area contributed by atoms with Crippen LogP contribution in [-0.2, 0) is 4.79 Å². The van der Waals surface area contributed by atoms with Gasteiger partial charge in [0.15, 0.2) is 0 Å². The van der Waals surface area contributed by atoms with Crippen LogP contribution < -0.4 is 20.3 Å². The van der Waals surface area contributed by atoms with Crippen LogP contribution in [0.5, 0.6) is 5.75 Å². The summed E-state index contributed by atoms with van der Waals surface area (Å²) in [6.45, 7) is 10.8. The van der Waals surface area contributed by atoms with Gasteiger partial charge in [-0.05, 0) is 62.6 Å². The molecule has 154 valence electrons. The maximum absolute atomic E-state index is 13.1. The lowest BCUT2D eigenvalue weighted by molar-refractivity contribution is -0.127. The summed E-state index contributed by atoms with van der Waals surface area (Å²) in [5.41, 5.74) is 2.44. The maximum atomic E-state index is 13.1. The minimum atomic E-state index is -0.621. The molecule has 3 rings (SSSR count). The molecule has 0 unspecified atom stereocenters. The van der Waals surface area contributed by atoms with E-state index in [9.17, 15) is 9.59 Å². The molecular weight excluding hydrogens is 366 g/mol. The van der Waals surface area contributed by atoms with Crippen LogP contribution in [0.15, 0.2) is 42.5 Å². The molecule has 0 aliphatic carbocycles. The summed E-state index contributed by atoms with van der Waals surface area (Å²) < 4.78 is 5.92. The van der Waals surface area contributed by atoms with Crippen LogP contribution in [0.2, 0.25) is 0 Å². The van der Waals surface area contributed by atoms with E-state index in [0.717, 1.165) is 11.3 Å². The van der Waals surface area contributed by atoms with Crippen LogP contribution in [0.4, 0.5) is 21.9 Å². The third-order valence-electron chi connectivity index (χ3n) is 4.74. The van der Waals surface area contributed by atoms with E-state index in [0.29, 0.717) is 36.2 Å². The second-order valence-corrected chi connectivity index (χ2v) is 8.61. The Kier molecular flexibility index (Phi) is 5.82. The largest absolute Gasteiger partial charge is 0.490 e. The molecular formula is C23H29N3O3. The Morgan fingerprint density at radius 3 is 2.48 bits per heavy atom. The number of hydrogen-bond acceptors (Lipinski definition) is 3.